The maximum atomic E-state index is 6.31. The molecule has 1 aliphatic heterocycles. The van der Waals surface area contributed by atoms with Crippen molar-refractivity contribution in [3.8, 4) is 5.69 Å². The lowest BCUT2D eigenvalue weighted by atomic mass is 10.2. The number of nitrogens with zero attached hydrogens (tertiary/aromatic N) is 5. The summed E-state index contributed by atoms with van der Waals surface area (Å²) >= 11 is 7.93. The molecule has 146 valence electrons. The van der Waals surface area contributed by atoms with Gasteiger partial charge in [0.2, 0.25) is 5.16 Å². The summed E-state index contributed by atoms with van der Waals surface area (Å²) in [6.45, 7) is 5.40. The topological polar surface area (TPSA) is 56.1 Å². The Labute approximate surface area is 173 Å². The zero-order valence-electron chi connectivity index (χ0n) is 15.7. The molecule has 1 aliphatic rings. The quantitative estimate of drug-likeness (QED) is 0.573. The van der Waals surface area contributed by atoms with Gasteiger partial charge in [-0.2, -0.15) is 4.68 Å². The second kappa shape index (κ2) is 9.05. The molecule has 2 heterocycles. The van der Waals surface area contributed by atoms with Crippen LogP contribution in [-0.4, -0.2) is 56.7 Å². The summed E-state index contributed by atoms with van der Waals surface area (Å²) in [5.41, 5.74) is 3.32. The molecule has 0 saturated carbocycles. The molecule has 0 aliphatic carbocycles. The highest BCUT2D eigenvalue weighted by Gasteiger charge is 2.22. The fraction of sp³-hybridized carbons (Fsp3) is 0.350. The molecular weight excluding hydrogens is 394 g/mol. The Balaban J connectivity index is 1.36. The molecule has 0 unspecified atom stereocenters. The van der Waals surface area contributed by atoms with Gasteiger partial charge < -0.3 is 4.74 Å². The molecule has 0 bridgehead atoms. The minimum Gasteiger partial charge on any atom is -0.375 e. The fourth-order valence-electron chi connectivity index (χ4n) is 3.18. The number of aryl methyl sites for hydroxylation is 1. The van der Waals surface area contributed by atoms with Gasteiger partial charge in [0, 0.05) is 30.4 Å². The average molecular weight is 416 g/mol. The Kier molecular flexibility index (Phi) is 6.26. The summed E-state index contributed by atoms with van der Waals surface area (Å²) in [5.74, 6) is 0.797. The average Bonchev–Trinajstić information content (AvgIpc) is 3.18. The van der Waals surface area contributed by atoms with Gasteiger partial charge in [0.05, 0.1) is 18.4 Å². The normalized spacial score (nSPS) is 17.7. The number of thioether (sulfide) groups is 1. The maximum Gasteiger partial charge on any atom is 0.214 e. The third-order valence-corrected chi connectivity index (χ3v) is 6.11. The van der Waals surface area contributed by atoms with Crippen molar-refractivity contribution in [2.45, 2.75) is 24.7 Å². The molecule has 0 radical (unpaired) electrons. The predicted molar refractivity (Wildman–Crippen MR) is 111 cm³/mol. The lowest BCUT2D eigenvalue weighted by Gasteiger charge is -2.32. The van der Waals surface area contributed by atoms with Gasteiger partial charge in [0.25, 0.3) is 0 Å². The summed E-state index contributed by atoms with van der Waals surface area (Å²) < 4.78 is 7.73. The maximum absolute atomic E-state index is 6.31. The first-order valence-corrected chi connectivity index (χ1v) is 10.6. The van der Waals surface area contributed by atoms with Crippen molar-refractivity contribution in [3.63, 3.8) is 0 Å². The molecule has 2 aromatic carbocycles. The number of tetrazole rings is 1. The van der Waals surface area contributed by atoms with Gasteiger partial charge >= 0.3 is 0 Å². The van der Waals surface area contributed by atoms with Crippen LogP contribution in [0.15, 0.2) is 53.7 Å². The number of benzene rings is 2. The van der Waals surface area contributed by atoms with Crippen molar-refractivity contribution < 1.29 is 4.74 Å². The standard InChI is InChI=1S/C20H22ClN5OS/c1-15-6-8-17(9-7-15)26-20(22-23-24-26)28-14-18-13-25(10-11-27-18)12-16-4-2-3-5-19(16)21/h2-9,18H,10-14H2,1H3/t18-/m0/s1. The molecule has 1 atom stereocenters. The molecule has 0 amide bonds. The van der Waals surface area contributed by atoms with Gasteiger partial charge in [-0.3, -0.25) is 4.90 Å². The molecule has 6 nitrogen and oxygen atoms in total. The first-order chi connectivity index (χ1) is 13.7. The highest BCUT2D eigenvalue weighted by Crippen LogP contribution is 2.23. The molecule has 1 aromatic heterocycles. The molecule has 28 heavy (non-hydrogen) atoms. The molecule has 1 saturated heterocycles. The van der Waals surface area contributed by atoms with Crippen LogP contribution in [0.5, 0.6) is 0 Å². The minimum absolute atomic E-state index is 0.129. The highest BCUT2D eigenvalue weighted by atomic mass is 35.5. The van der Waals surface area contributed by atoms with Crippen LogP contribution in [0.25, 0.3) is 5.69 Å². The van der Waals surface area contributed by atoms with Crippen LogP contribution in [0, 0.1) is 6.92 Å². The van der Waals surface area contributed by atoms with Crippen molar-refractivity contribution in [2.24, 2.45) is 0 Å². The number of hydrogen-bond acceptors (Lipinski definition) is 6. The van der Waals surface area contributed by atoms with Crippen LogP contribution in [0.1, 0.15) is 11.1 Å². The van der Waals surface area contributed by atoms with E-state index >= 15 is 0 Å². The van der Waals surface area contributed by atoms with Crippen molar-refractivity contribution in [3.05, 3.63) is 64.7 Å². The lowest BCUT2D eigenvalue weighted by molar-refractivity contribution is -0.0187. The van der Waals surface area contributed by atoms with Gasteiger partial charge in [0.1, 0.15) is 0 Å². The summed E-state index contributed by atoms with van der Waals surface area (Å²) in [4.78, 5) is 2.39. The van der Waals surface area contributed by atoms with E-state index in [0.29, 0.717) is 0 Å². The summed E-state index contributed by atoms with van der Waals surface area (Å²) in [6, 6.07) is 16.2. The van der Waals surface area contributed by atoms with Crippen LogP contribution in [0.2, 0.25) is 5.02 Å². The zero-order valence-corrected chi connectivity index (χ0v) is 17.2. The summed E-state index contributed by atoms with van der Waals surface area (Å²) in [6.07, 6.45) is 0.129. The Morgan fingerprint density at radius 1 is 1.18 bits per heavy atom. The zero-order chi connectivity index (χ0) is 19.3. The van der Waals surface area contributed by atoms with Crippen LogP contribution < -0.4 is 0 Å². The highest BCUT2D eigenvalue weighted by molar-refractivity contribution is 7.99. The number of aromatic nitrogens is 4. The van der Waals surface area contributed by atoms with Crippen LogP contribution >= 0.6 is 23.4 Å². The second-order valence-corrected chi connectivity index (χ2v) is 8.23. The van der Waals surface area contributed by atoms with E-state index in [2.05, 4.69) is 45.5 Å². The van der Waals surface area contributed by atoms with Gasteiger partial charge in [-0.25, -0.2) is 0 Å². The predicted octanol–water partition coefficient (Wildman–Crippen LogP) is 3.62. The molecule has 3 aromatic rings. The Hall–Kier alpha value is -1.93. The second-order valence-electron chi connectivity index (χ2n) is 6.84. The van der Waals surface area contributed by atoms with Crippen molar-refractivity contribution in [1.29, 1.82) is 0 Å². The molecular formula is C20H22ClN5OS. The third-order valence-electron chi connectivity index (χ3n) is 4.69. The van der Waals surface area contributed by atoms with Gasteiger partial charge in [-0.05, 0) is 41.1 Å². The van der Waals surface area contributed by atoms with E-state index in [1.54, 1.807) is 16.4 Å². The summed E-state index contributed by atoms with van der Waals surface area (Å²) in [5, 5.41) is 13.7. The van der Waals surface area contributed by atoms with E-state index in [1.165, 1.54) is 5.56 Å². The minimum atomic E-state index is 0.129. The Morgan fingerprint density at radius 2 is 2.00 bits per heavy atom. The van der Waals surface area contributed by atoms with Crippen molar-refractivity contribution >= 4 is 23.4 Å². The first kappa shape index (κ1) is 19.4. The van der Waals surface area contributed by atoms with Crippen LogP contribution in [-0.2, 0) is 11.3 Å². The van der Waals surface area contributed by atoms with E-state index in [9.17, 15) is 0 Å². The van der Waals surface area contributed by atoms with Gasteiger partial charge in [-0.15, -0.1) is 5.10 Å². The van der Waals surface area contributed by atoms with Gasteiger partial charge in [-0.1, -0.05) is 59.3 Å². The summed E-state index contributed by atoms with van der Waals surface area (Å²) in [7, 11) is 0. The molecule has 0 spiro atoms. The van der Waals surface area contributed by atoms with E-state index in [-0.39, 0.29) is 6.10 Å². The lowest BCUT2D eigenvalue weighted by Crippen LogP contribution is -2.43. The Morgan fingerprint density at radius 3 is 2.82 bits per heavy atom. The first-order valence-electron chi connectivity index (χ1n) is 9.24. The number of ether oxygens (including phenoxy) is 1. The van der Waals surface area contributed by atoms with Crippen LogP contribution in [0.3, 0.4) is 0 Å². The SMILES string of the molecule is Cc1ccc(-n2nnnc2SC[C@@H]2CN(Cc3ccccc3Cl)CCO2)cc1. The van der Waals surface area contributed by atoms with Crippen LogP contribution in [0.4, 0.5) is 0 Å². The number of rotatable bonds is 6. The van der Waals surface area contributed by atoms with Crippen molar-refractivity contribution in [2.75, 3.05) is 25.4 Å². The molecule has 0 N–H and O–H groups in total. The largest absolute Gasteiger partial charge is 0.375 e. The monoisotopic (exact) mass is 415 g/mol. The van der Waals surface area contributed by atoms with E-state index in [1.807, 2.05) is 30.3 Å². The van der Waals surface area contributed by atoms with Gasteiger partial charge in [0.15, 0.2) is 0 Å². The van der Waals surface area contributed by atoms with E-state index < -0.39 is 0 Å². The molecule has 4 rings (SSSR count). The number of hydrogen-bond donors (Lipinski definition) is 0. The fourth-order valence-corrected chi connectivity index (χ4v) is 4.27. The number of halogens is 1. The smallest absolute Gasteiger partial charge is 0.214 e. The van der Waals surface area contributed by atoms with E-state index in [0.717, 1.165) is 53.4 Å². The number of morpholine rings is 1. The molecule has 8 heteroatoms. The Bertz CT molecular complexity index is 917. The van der Waals surface area contributed by atoms with E-state index in [4.69, 9.17) is 16.3 Å². The van der Waals surface area contributed by atoms with Crippen molar-refractivity contribution in [1.82, 2.24) is 25.1 Å². The third kappa shape index (κ3) is 4.72. The molecule has 1 fully saturated rings.